The third kappa shape index (κ3) is 4.34. The maximum Gasteiger partial charge on any atom is 0.317 e. The normalized spacial score (nSPS) is 14.5. The van der Waals surface area contributed by atoms with Crippen molar-refractivity contribution in [3.63, 3.8) is 0 Å². The van der Waals surface area contributed by atoms with Crippen LogP contribution in [0.15, 0.2) is 30.3 Å². The Balaban J connectivity index is 2.43. The van der Waals surface area contributed by atoms with Gasteiger partial charge in [-0.2, -0.15) is 0 Å². The number of carboxylic acid groups (broad SMARTS) is 1. The Kier molecular flexibility index (Phi) is 5.32. The lowest BCUT2D eigenvalue weighted by Crippen LogP contribution is -2.12. The minimum Gasteiger partial charge on any atom is -0.480 e. The first-order valence-corrected chi connectivity index (χ1v) is 6.50. The molecule has 0 saturated carbocycles. The molecule has 15 heavy (non-hydrogen) atoms. The van der Waals surface area contributed by atoms with E-state index in [1.54, 1.807) is 0 Å². The van der Waals surface area contributed by atoms with E-state index >= 15 is 0 Å². The van der Waals surface area contributed by atoms with Crippen LogP contribution in [0, 0.1) is 0 Å². The van der Waals surface area contributed by atoms with Crippen LogP contribution < -0.4 is 0 Å². The van der Waals surface area contributed by atoms with Gasteiger partial charge in [0.25, 0.3) is 0 Å². The fraction of sp³-hybridized carbons (Fsp3) is 0.364. The molecular formula is C11H12Br2O2. The topological polar surface area (TPSA) is 37.3 Å². The number of rotatable bonds is 5. The van der Waals surface area contributed by atoms with Crippen molar-refractivity contribution in [3.8, 4) is 0 Å². The van der Waals surface area contributed by atoms with E-state index in [0.29, 0.717) is 6.42 Å². The molecule has 0 amide bonds. The first kappa shape index (κ1) is 12.7. The molecule has 0 aliphatic rings. The molecule has 1 aromatic rings. The molecule has 0 spiro atoms. The van der Waals surface area contributed by atoms with Crippen molar-refractivity contribution in [2.45, 2.75) is 22.5 Å². The van der Waals surface area contributed by atoms with Gasteiger partial charge in [0.1, 0.15) is 4.83 Å². The number of alkyl halides is 2. The maximum atomic E-state index is 10.6. The van der Waals surface area contributed by atoms with Gasteiger partial charge in [0, 0.05) is 4.83 Å². The number of aliphatic carboxylic acids is 1. The molecule has 2 nitrogen and oxygen atoms in total. The van der Waals surface area contributed by atoms with Gasteiger partial charge in [-0.3, -0.25) is 4.79 Å². The van der Waals surface area contributed by atoms with Gasteiger partial charge in [-0.25, -0.2) is 0 Å². The summed E-state index contributed by atoms with van der Waals surface area (Å²) >= 11 is 6.67. The van der Waals surface area contributed by atoms with Crippen LogP contribution in [0.3, 0.4) is 0 Å². The minimum atomic E-state index is -0.803. The SMILES string of the molecule is O=C(O)C(Br)CCC(Br)c1ccccc1. The number of halogens is 2. The Morgan fingerprint density at radius 3 is 2.33 bits per heavy atom. The highest BCUT2D eigenvalue weighted by atomic mass is 79.9. The number of carboxylic acids is 1. The molecule has 2 atom stereocenters. The van der Waals surface area contributed by atoms with Gasteiger partial charge in [0.2, 0.25) is 0 Å². The molecule has 0 aliphatic carbocycles. The molecule has 0 bridgehead atoms. The first-order chi connectivity index (χ1) is 7.11. The number of hydrogen-bond donors (Lipinski definition) is 1. The molecule has 2 unspecified atom stereocenters. The predicted molar refractivity (Wildman–Crippen MR) is 67.7 cm³/mol. The van der Waals surface area contributed by atoms with Crippen LogP contribution in [0.5, 0.6) is 0 Å². The molecule has 0 saturated heterocycles. The van der Waals surface area contributed by atoms with E-state index in [9.17, 15) is 4.79 Å². The third-order valence-corrected chi connectivity index (χ3v) is 3.94. The van der Waals surface area contributed by atoms with Crippen molar-refractivity contribution in [2.75, 3.05) is 0 Å². The summed E-state index contributed by atoms with van der Waals surface area (Å²) < 4.78 is 0. The fourth-order valence-electron chi connectivity index (χ4n) is 1.24. The van der Waals surface area contributed by atoms with Gasteiger partial charge in [-0.05, 0) is 18.4 Å². The van der Waals surface area contributed by atoms with Crippen molar-refractivity contribution < 1.29 is 9.90 Å². The van der Waals surface area contributed by atoms with Crippen molar-refractivity contribution >= 4 is 37.8 Å². The van der Waals surface area contributed by atoms with E-state index in [1.165, 1.54) is 5.56 Å². The fourth-order valence-corrected chi connectivity index (χ4v) is 2.08. The van der Waals surface area contributed by atoms with Crippen molar-refractivity contribution in [2.24, 2.45) is 0 Å². The zero-order valence-corrected chi connectivity index (χ0v) is 11.2. The highest BCUT2D eigenvalue weighted by molar-refractivity contribution is 9.10. The van der Waals surface area contributed by atoms with Gasteiger partial charge in [-0.15, -0.1) is 0 Å². The van der Waals surface area contributed by atoms with Crippen LogP contribution in [-0.2, 0) is 4.79 Å². The molecule has 1 N–H and O–H groups in total. The molecule has 4 heteroatoms. The molecular weight excluding hydrogens is 324 g/mol. The summed E-state index contributed by atoms with van der Waals surface area (Å²) in [5.41, 5.74) is 1.18. The van der Waals surface area contributed by atoms with Gasteiger partial charge in [0.05, 0.1) is 0 Å². The van der Waals surface area contributed by atoms with E-state index < -0.39 is 10.8 Å². The Bertz CT molecular complexity index is 314. The van der Waals surface area contributed by atoms with E-state index in [2.05, 4.69) is 31.9 Å². The average Bonchev–Trinajstić information content (AvgIpc) is 2.26. The largest absolute Gasteiger partial charge is 0.480 e. The standard InChI is InChI=1S/C11H12Br2O2/c12-9(6-7-10(13)11(14)15)8-4-2-1-3-5-8/h1-5,9-10H,6-7H2,(H,14,15). The van der Waals surface area contributed by atoms with E-state index in [1.807, 2.05) is 30.3 Å². The van der Waals surface area contributed by atoms with Crippen molar-refractivity contribution in [1.29, 1.82) is 0 Å². The van der Waals surface area contributed by atoms with Crippen LogP contribution in [0.2, 0.25) is 0 Å². The van der Waals surface area contributed by atoms with Crippen molar-refractivity contribution in [1.82, 2.24) is 0 Å². The lowest BCUT2D eigenvalue weighted by Gasteiger charge is -2.11. The molecule has 1 rings (SSSR count). The molecule has 1 aromatic carbocycles. The predicted octanol–water partition coefficient (Wildman–Crippen LogP) is 3.75. The summed E-state index contributed by atoms with van der Waals surface area (Å²) in [6.45, 7) is 0. The third-order valence-electron chi connectivity index (χ3n) is 2.10. The highest BCUT2D eigenvalue weighted by Crippen LogP contribution is 2.29. The zero-order valence-electron chi connectivity index (χ0n) is 8.07. The van der Waals surface area contributed by atoms with Crippen molar-refractivity contribution in [3.05, 3.63) is 35.9 Å². The Morgan fingerprint density at radius 1 is 1.20 bits per heavy atom. The molecule has 82 valence electrons. The van der Waals surface area contributed by atoms with E-state index in [0.717, 1.165) is 6.42 Å². The monoisotopic (exact) mass is 334 g/mol. The second-order valence-electron chi connectivity index (χ2n) is 3.26. The molecule has 0 aromatic heterocycles. The van der Waals surface area contributed by atoms with E-state index in [-0.39, 0.29) is 4.83 Å². The van der Waals surface area contributed by atoms with Crippen LogP contribution in [0.1, 0.15) is 23.2 Å². The summed E-state index contributed by atoms with van der Waals surface area (Å²) in [6, 6.07) is 9.99. The minimum absolute atomic E-state index is 0.220. The van der Waals surface area contributed by atoms with Crippen LogP contribution in [0.25, 0.3) is 0 Å². The number of benzene rings is 1. The Morgan fingerprint density at radius 2 is 1.80 bits per heavy atom. The quantitative estimate of drug-likeness (QED) is 0.832. The maximum absolute atomic E-state index is 10.6. The molecule has 0 radical (unpaired) electrons. The summed E-state index contributed by atoms with van der Waals surface area (Å²) in [5, 5.41) is 8.70. The number of hydrogen-bond acceptors (Lipinski definition) is 1. The summed E-state index contributed by atoms with van der Waals surface area (Å²) in [7, 11) is 0. The summed E-state index contributed by atoms with van der Waals surface area (Å²) in [5.74, 6) is -0.803. The Hall–Kier alpha value is -0.350. The van der Waals surface area contributed by atoms with Crippen LogP contribution in [-0.4, -0.2) is 15.9 Å². The highest BCUT2D eigenvalue weighted by Gasteiger charge is 2.15. The summed E-state index contributed by atoms with van der Waals surface area (Å²) in [4.78, 5) is 10.3. The second kappa shape index (κ2) is 6.28. The average molecular weight is 336 g/mol. The first-order valence-electron chi connectivity index (χ1n) is 4.67. The van der Waals surface area contributed by atoms with Crippen LogP contribution >= 0.6 is 31.9 Å². The smallest absolute Gasteiger partial charge is 0.317 e. The van der Waals surface area contributed by atoms with Gasteiger partial charge in [-0.1, -0.05) is 62.2 Å². The lowest BCUT2D eigenvalue weighted by atomic mass is 10.1. The molecule has 0 heterocycles. The Labute approximate surface area is 106 Å². The van der Waals surface area contributed by atoms with Gasteiger partial charge < -0.3 is 5.11 Å². The molecule has 0 aliphatic heterocycles. The van der Waals surface area contributed by atoms with Crippen LogP contribution in [0.4, 0.5) is 0 Å². The molecule has 0 fully saturated rings. The van der Waals surface area contributed by atoms with Gasteiger partial charge >= 0.3 is 5.97 Å². The van der Waals surface area contributed by atoms with E-state index in [4.69, 9.17) is 5.11 Å². The zero-order chi connectivity index (χ0) is 11.3. The number of carbonyl (C=O) groups is 1. The van der Waals surface area contributed by atoms with Gasteiger partial charge in [0.15, 0.2) is 0 Å². The lowest BCUT2D eigenvalue weighted by molar-refractivity contribution is -0.136. The second-order valence-corrected chi connectivity index (χ2v) is 5.47. The summed E-state index contributed by atoms with van der Waals surface area (Å²) in [6.07, 6.45) is 1.41.